The van der Waals surface area contributed by atoms with Crippen molar-refractivity contribution in [1.29, 1.82) is 0 Å². The molecule has 4 atom stereocenters. The number of guanidine groups is 1. The topological polar surface area (TPSA) is 90.4 Å². The minimum absolute atomic E-state index is 0.0665. The molecular formula is C26H30F6N6O2. The predicted molar refractivity (Wildman–Crippen MR) is 139 cm³/mol. The lowest BCUT2D eigenvalue weighted by atomic mass is 9.96. The van der Waals surface area contributed by atoms with Gasteiger partial charge in [-0.1, -0.05) is 13.0 Å². The smallest absolute Gasteiger partial charge is 0.405 e. The molecule has 2 aromatic rings. The standard InChI is InChI=1S/C26H30F6N6O2/c1-5-33-22(10-14(2)15-6-9-21(40-4)19(29)11-15)35-25(34-20-8-7-16(27)12-18(20)28)36-24(39)17-13-38(3)37-23(17)26(30,31)32/h5-9,11-12,14,17,22-23,37H,10,13H2,1-4H3,(H2,34,35,36,39). The molecule has 14 heteroatoms. The van der Waals surface area contributed by atoms with Crippen LogP contribution >= 0.6 is 0 Å². The summed E-state index contributed by atoms with van der Waals surface area (Å²) in [6.45, 7) is 3.14. The highest BCUT2D eigenvalue weighted by Gasteiger charge is 2.52. The summed E-state index contributed by atoms with van der Waals surface area (Å²) >= 11 is 0. The lowest BCUT2D eigenvalue weighted by Crippen LogP contribution is -2.50. The van der Waals surface area contributed by atoms with Crippen LogP contribution in [-0.2, 0) is 4.79 Å². The Morgan fingerprint density at radius 3 is 2.52 bits per heavy atom. The van der Waals surface area contributed by atoms with Gasteiger partial charge >= 0.3 is 6.18 Å². The largest absolute Gasteiger partial charge is 0.494 e. The van der Waals surface area contributed by atoms with Crippen molar-refractivity contribution in [2.75, 3.05) is 26.0 Å². The first-order chi connectivity index (χ1) is 18.8. The van der Waals surface area contributed by atoms with Crippen molar-refractivity contribution in [3.63, 3.8) is 0 Å². The Morgan fingerprint density at radius 2 is 1.93 bits per heavy atom. The molecule has 1 amide bonds. The monoisotopic (exact) mass is 572 g/mol. The van der Waals surface area contributed by atoms with E-state index in [1.54, 1.807) is 19.9 Å². The average molecular weight is 573 g/mol. The summed E-state index contributed by atoms with van der Waals surface area (Å²) in [5.41, 5.74) is 2.52. The van der Waals surface area contributed by atoms with E-state index in [1.807, 2.05) is 0 Å². The number of carbonyl (C=O) groups excluding carboxylic acids is 1. The van der Waals surface area contributed by atoms with Crippen molar-refractivity contribution in [3.8, 4) is 5.75 Å². The second-order valence-corrected chi connectivity index (χ2v) is 9.27. The second-order valence-electron chi connectivity index (χ2n) is 9.27. The highest BCUT2D eigenvalue weighted by Crippen LogP contribution is 2.30. The van der Waals surface area contributed by atoms with E-state index in [2.05, 4.69) is 26.0 Å². The summed E-state index contributed by atoms with van der Waals surface area (Å²) in [6, 6.07) is 4.89. The first kappa shape index (κ1) is 30.9. The van der Waals surface area contributed by atoms with Crippen LogP contribution in [0.5, 0.6) is 5.75 Å². The molecule has 0 saturated carbocycles. The van der Waals surface area contributed by atoms with Gasteiger partial charge < -0.3 is 10.1 Å². The van der Waals surface area contributed by atoms with E-state index >= 15 is 0 Å². The number of nitrogens with one attached hydrogen (secondary N) is 3. The van der Waals surface area contributed by atoms with Crippen LogP contribution in [0.2, 0.25) is 0 Å². The van der Waals surface area contributed by atoms with Crippen LogP contribution in [0.15, 0.2) is 46.4 Å². The number of hydrogen-bond acceptors (Lipinski definition) is 6. The van der Waals surface area contributed by atoms with E-state index in [9.17, 15) is 31.1 Å². The van der Waals surface area contributed by atoms with Crippen molar-refractivity contribution in [1.82, 2.24) is 15.8 Å². The zero-order valence-corrected chi connectivity index (χ0v) is 22.2. The van der Waals surface area contributed by atoms with Crippen LogP contribution < -0.4 is 20.8 Å². The second kappa shape index (κ2) is 13.1. The average Bonchev–Trinajstić information content (AvgIpc) is 3.28. The number of amides is 1. The Labute approximate surface area is 227 Å². The number of alkyl halides is 3. The molecule has 0 aromatic heterocycles. The van der Waals surface area contributed by atoms with Crippen LogP contribution in [0.1, 0.15) is 31.7 Å². The van der Waals surface area contributed by atoms with E-state index in [-0.39, 0.29) is 30.3 Å². The molecule has 3 N–H and O–H groups in total. The van der Waals surface area contributed by atoms with Crippen LogP contribution in [0.3, 0.4) is 0 Å². The molecule has 0 aliphatic carbocycles. The van der Waals surface area contributed by atoms with Crippen LogP contribution in [-0.4, -0.2) is 62.2 Å². The molecule has 2 aromatic carbocycles. The Balaban J connectivity index is 1.92. The molecule has 1 aliphatic rings. The number of aliphatic imine (C=N–C) groups is 2. The van der Waals surface area contributed by atoms with Gasteiger partial charge in [-0.2, -0.15) is 13.2 Å². The van der Waals surface area contributed by atoms with Gasteiger partial charge in [0.15, 0.2) is 11.6 Å². The number of nitrogens with zero attached hydrogens (tertiary/aromatic N) is 3. The maximum absolute atomic E-state index is 14.4. The van der Waals surface area contributed by atoms with E-state index in [0.29, 0.717) is 11.6 Å². The first-order valence-corrected chi connectivity index (χ1v) is 12.3. The fourth-order valence-electron chi connectivity index (χ4n) is 4.25. The van der Waals surface area contributed by atoms with Gasteiger partial charge in [-0.15, -0.1) is 0 Å². The van der Waals surface area contributed by atoms with Gasteiger partial charge in [-0.05, 0) is 55.3 Å². The number of halogens is 6. The predicted octanol–water partition coefficient (Wildman–Crippen LogP) is 4.60. The molecule has 218 valence electrons. The number of hydrogen-bond donors (Lipinski definition) is 3. The van der Waals surface area contributed by atoms with Crippen LogP contribution in [0, 0.1) is 23.4 Å². The molecule has 1 aliphatic heterocycles. The molecule has 1 saturated heterocycles. The zero-order valence-electron chi connectivity index (χ0n) is 22.2. The molecule has 8 nitrogen and oxygen atoms in total. The van der Waals surface area contributed by atoms with Crippen molar-refractivity contribution < 1.29 is 35.9 Å². The van der Waals surface area contributed by atoms with Crippen LogP contribution in [0.4, 0.5) is 32.0 Å². The summed E-state index contributed by atoms with van der Waals surface area (Å²) < 4.78 is 87.7. The first-order valence-electron chi connectivity index (χ1n) is 12.3. The van der Waals surface area contributed by atoms with E-state index < -0.39 is 53.6 Å². The van der Waals surface area contributed by atoms with Gasteiger partial charge in [0.1, 0.15) is 23.8 Å². The van der Waals surface area contributed by atoms with Crippen molar-refractivity contribution in [2.45, 2.75) is 44.6 Å². The van der Waals surface area contributed by atoms with Crippen molar-refractivity contribution in [3.05, 3.63) is 59.4 Å². The van der Waals surface area contributed by atoms with E-state index in [4.69, 9.17) is 4.74 Å². The third kappa shape index (κ3) is 7.94. The normalized spacial score (nSPS) is 20.0. The van der Waals surface area contributed by atoms with Crippen molar-refractivity contribution in [2.24, 2.45) is 15.9 Å². The minimum atomic E-state index is -4.72. The minimum Gasteiger partial charge on any atom is -0.494 e. The Hall–Kier alpha value is -3.65. The summed E-state index contributed by atoms with van der Waals surface area (Å²) in [4.78, 5) is 21.6. The molecular weight excluding hydrogens is 542 g/mol. The molecule has 0 radical (unpaired) electrons. The Kier molecular flexibility index (Phi) is 10.1. The van der Waals surface area contributed by atoms with Gasteiger partial charge in [0.25, 0.3) is 0 Å². The summed E-state index contributed by atoms with van der Waals surface area (Å²) in [6.07, 6.45) is -4.02. The number of benzene rings is 2. The fourth-order valence-corrected chi connectivity index (χ4v) is 4.25. The molecule has 4 unspecified atom stereocenters. The number of methoxy groups -OCH3 is 1. The zero-order chi connectivity index (χ0) is 29.6. The SMILES string of the molecule is CC=NC(CC(C)c1ccc(OC)c(F)c1)N=C(NC(=O)C1CN(C)NC1C(F)(F)F)Nc1ccc(F)cc1F. The summed E-state index contributed by atoms with van der Waals surface area (Å²) in [5, 5.41) is 6.00. The third-order valence-corrected chi connectivity index (χ3v) is 6.26. The third-order valence-electron chi connectivity index (χ3n) is 6.26. The van der Waals surface area contributed by atoms with Crippen molar-refractivity contribution >= 4 is 23.8 Å². The molecule has 3 rings (SSSR count). The van der Waals surface area contributed by atoms with E-state index in [1.165, 1.54) is 32.5 Å². The van der Waals surface area contributed by atoms with Gasteiger partial charge in [0.05, 0.1) is 18.7 Å². The number of hydrazine groups is 1. The maximum atomic E-state index is 14.4. The number of anilines is 1. The fraction of sp³-hybridized carbons (Fsp3) is 0.423. The van der Waals surface area contributed by atoms with Gasteiger partial charge in [-0.3, -0.25) is 15.1 Å². The lowest BCUT2D eigenvalue weighted by molar-refractivity contribution is -0.168. The molecule has 40 heavy (non-hydrogen) atoms. The van der Waals surface area contributed by atoms with Crippen LogP contribution in [0.25, 0.3) is 0 Å². The lowest BCUT2D eigenvalue weighted by Gasteiger charge is -2.22. The number of carbonyl (C=O) groups is 1. The Bertz CT molecular complexity index is 1250. The Morgan fingerprint density at radius 1 is 1.20 bits per heavy atom. The highest BCUT2D eigenvalue weighted by molar-refractivity contribution is 6.05. The molecule has 0 spiro atoms. The molecule has 1 heterocycles. The molecule has 1 fully saturated rings. The number of ether oxygens (including phenoxy) is 1. The van der Waals surface area contributed by atoms with Gasteiger partial charge in [-0.25, -0.2) is 28.6 Å². The number of rotatable bonds is 8. The quantitative estimate of drug-likeness (QED) is 0.244. The summed E-state index contributed by atoms with van der Waals surface area (Å²) in [7, 11) is 2.70. The molecule has 0 bridgehead atoms. The highest BCUT2D eigenvalue weighted by atomic mass is 19.4. The maximum Gasteiger partial charge on any atom is 0.405 e. The van der Waals surface area contributed by atoms with Gasteiger partial charge in [0, 0.05) is 19.7 Å². The van der Waals surface area contributed by atoms with Gasteiger partial charge in [0.2, 0.25) is 11.9 Å². The van der Waals surface area contributed by atoms with E-state index in [0.717, 1.165) is 17.1 Å². The summed E-state index contributed by atoms with van der Waals surface area (Å²) in [5.74, 6) is -5.67.